The number of amides is 1. The molecule has 1 aromatic heterocycles. The fourth-order valence-electron chi connectivity index (χ4n) is 1.72. The summed E-state index contributed by atoms with van der Waals surface area (Å²) in [7, 11) is 0. The van der Waals surface area contributed by atoms with E-state index in [0.29, 0.717) is 0 Å². The van der Waals surface area contributed by atoms with Crippen molar-refractivity contribution in [2.45, 2.75) is 13.1 Å². The summed E-state index contributed by atoms with van der Waals surface area (Å²) in [5, 5.41) is 2.40. The third kappa shape index (κ3) is 3.56. The fraction of sp³-hybridized carbons (Fsp3) is 0.143. The highest BCUT2D eigenvalue weighted by Gasteiger charge is 2.33. The number of hydrogen-bond donors (Lipinski definition) is 1. The molecule has 1 amide bonds. The number of hydrogen-bond acceptors (Lipinski definition) is 2. The van der Waals surface area contributed by atoms with Crippen molar-refractivity contribution >= 4 is 11.6 Å². The van der Waals surface area contributed by atoms with E-state index in [9.17, 15) is 22.4 Å². The smallest absolute Gasteiger partial charge is 0.322 e. The van der Waals surface area contributed by atoms with E-state index in [-0.39, 0.29) is 16.9 Å². The summed E-state index contributed by atoms with van der Waals surface area (Å²) in [5.74, 6) is -1.19. The summed E-state index contributed by atoms with van der Waals surface area (Å²) < 4.78 is 50.5. The van der Waals surface area contributed by atoms with Gasteiger partial charge in [0, 0.05) is 5.69 Å². The molecule has 0 unspecified atom stereocenters. The third-order valence-corrected chi connectivity index (χ3v) is 2.70. The van der Waals surface area contributed by atoms with Gasteiger partial charge in [-0.2, -0.15) is 13.2 Å². The van der Waals surface area contributed by atoms with Crippen molar-refractivity contribution < 1.29 is 22.4 Å². The minimum Gasteiger partial charge on any atom is -0.322 e. The number of carbonyl (C=O) groups is 1. The van der Waals surface area contributed by atoms with E-state index >= 15 is 0 Å². The third-order valence-electron chi connectivity index (χ3n) is 2.70. The van der Waals surface area contributed by atoms with Gasteiger partial charge in [0.1, 0.15) is 11.5 Å². The monoisotopic (exact) mass is 298 g/mol. The Balaban J connectivity index is 2.24. The Morgan fingerprint density at radius 1 is 1.19 bits per heavy atom. The number of aromatic nitrogens is 1. The number of alkyl halides is 3. The van der Waals surface area contributed by atoms with Crippen molar-refractivity contribution in [1.29, 1.82) is 0 Å². The number of carbonyl (C=O) groups excluding carboxylic acids is 1. The summed E-state index contributed by atoms with van der Waals surface area (Å²) >= 11 is 0. The van der Waals surface area contributed by atoms with E-state index < -0.39 is 23.6 Å². The largest absolute Gasteiger partial charge is 0.433 e. The second kappa shape index (κ2) is 5.51. The summed E-state index contributed by atoms with van der Waals surface area (Å²) in [6.07, 6.45) is -4.57. The molecule has 0 aliphatic carbocycles. The van der Waals surface area contributed by atoms with E-state index in [0.717, 1.165) is 18.2 Å². The molecule has 0 saturated heterocycles. The van der Waals surface area contributed by atoms with E-state index in [1.54, 1.807) is 0 Å². The maximum Gasteiger partial charge on any atom is 0.433 e. The zero-order valence-corrected chi connectivity index (χ0v) is 10.8. The molecule has 21 heavy (non-hydrogen) atoms. The first-order valence-electron chi connectivity index (χ1n) is 5.89. The van der Waals surface area contributed by atoms with Gasteiger partial charge in [0.25, 0.3) is 5.91 Å². The summed E-state index contributed by atoms with van der Waals surface area (Å²) in [4.78, 5) is 15.3. The van der Waals surface area contributed by atoms with Crippen LogP contribution in [-0.4, -0.2) is 10.9 Å². The summed E-state index contributed by atoms with van der Waals surface area (Å²) in [5.41, 5.74) is -0.924. The van der Waals surface area contributed by atoms with E-state index in [1.807, 2.05) is 0 Å². The second-order valence-electron chi connectivity index (χ2n) is 4.29. The van der Waals surface area contributed by atoms with Crippen molar-refractivity contribution in [1.82, 2.24) is 4.98 Å². The molecule has 110 valence electrons. The maximum atomic E-state index is 13.0. The Bertz CT molecular complexity index is 683. The molecule has 0 radical (unpaired) electrons. The molecular weight excluding hydrogens is 288 g/mol. The number of nitrogens with zero attached hydrogens (tertiary/aromatic N) is 1. The molecule has 0 aliphatic heterocycles. The highest BCUT2D eigenvalue weighted by atomic mass is 19.4. The molecule has 0 fully saturated rings. The first-order valence-corrected chi connectivity index (χ1v) is 5.89. The molecule has 1 N–H and O–H groups in total. The molecule has 2 aromatic rings. The zero-order valence-electron chi connectivity index (χ0n) is 10.8. The van der Waals surface area contributed by atoms with Crippen LogP contribution in [0.3, 0.4) is 0 Å². The molecule has 0 spiro atoms. The van der Waals surface area contributed by atoms with Gasteiger partial charge < -0.3 is 5.32 Å². The van der Waals surface area contributed by atoms with E-state index in [2.05, 4.69) is 10.3 Å². The van der Waals surface area contributed by atoms with Crippen molar-refractivity contribution in [3.8, 4) is 0 Å². The van der Waals surface area contributed by atoms with Gasteiger partial charge in [0.05, 0.1) is 11.3 Å². The second-order valence-corrected chi connectivity index (χ2v) is 4.29. The molecule has 0 saturated carbocycles. The number of anilines is 1. The summed E-state index contributed by atoms with van der Waals surface area (Å²) in [6.45, 7) is 1.30. The highest BCUT2D eigenvalue weighted by Crippen LogP contribution is 2.28. The van der Waals surface area contributed by atoms with Crippen LogP contribution in [-0.2, 0) is 6.18 Å². The van der Waals surface area contributed by atoms with Crippen LogP contribution in [0.1, 0.15) is 21.7 Å². The van der Waals surface area contributed by atoms with Crippen LogP contribution in [0.2, 0.25) is 0 Å². The molecule has 1 aromatic carbocycles. The van der Waals surface area contributed by atoms with Crippen LogP contribution >= 0.6 is 0 Å². The molecule has 1 heterocycles. The molecule has 3 nitrogen and oxygen atoms in total. The number of nitrogens with one attached hydrogen (secondary N) is 1. The maximum absolute atomic E-state index is 13.0. The molecule has 0 bridgehead atoms. The Hall–Kier alpha value is -2.44. The minimum absolute atomic E-state index is 0.00717. The number of halogens is 4. The predicted molar refractivity (Wildman–Crippen MR) is 68.3 cm³/mol. The van der Waals surface area contributed by atoms with Crippen LogP contribution in [0.15, 0.2) is 36.4 Å². The fourth-order valence-corrected chi connectivity index (χ4v) is 1.72. The first-order chi connectivity index (χ1) is 9.77. The minimum atomic E-state index is -4.57. The van der Waals surface area contributed by atoms with Crippen molar-refractivity contribution in [3.05, 3.63) is 59.2 Å². The SMILES string of the molecule is Cc1nc(C(F)(F)F)ccc1C(=O)Nc1cccc(F)c1. The average molecular weight is 298 g/mol. The Morgan fingerprint density at radius 2 is 1.90 bits per heavy atom. The normalized spacial score (nSPS) is 11.3. The Labute approximate surface area is 117 Å². The van der Waals surface area contributed by atoms with Crippen molar-refractivity contribution in [2.75, 3.05) is 5.32 Å². The predicted octanol–water partition coefficient (Wildman–Crippen LogP) is 3.80. The zero-order chi connectivity index (χ0) is 15.6. The molecular formula is C14H10F4N2O. The molecule has 7 heteroatoms. The lowest BCUT2D eigenvalue weighted by Crippen LogP contribution is -2.16. The number of benzene rings is 1. The van der Waals surface area contributed by atoms with Crippen LogP contribution in [0.4, 0.5) is 23.2 Å². The lowest BCUT2D eigenvalue weighted by Gasteiger charge is -2.10. The quantitative estimate of drug-likeness (QED) is 0.857. The van der Waals surface area contributed by atoms with Crippen LogP contribution in [0, 0.1) is 12.7 Å². The van der Waals surface area contributed by atoms with Crippen LogP contribution < -0.4 is 5.32 Å². The number of rotatable bonds is 2. The van der Waals surface area contributed by atoms with Gasteiger partial charge in [-0.3, -0.25) is 4.79 Å². The van der Waals surface area contributed by atoms with Gasteiger partial charge in [-0.05, 0) is 37.3 Å². The van der Waals surface area contributed by atoms with Gasteiger partial charge in [-0.15, -0.1) is 0 Å². The van der Waals surface area contributed by atoms with Gasteiger partial charge in [0.15, 0.2) is 0 Å². The average Bonchev–Trinajstić information content (AvgIpc) is 2.37. The number of pyridine rings is 1. The van der Waals surface area contributed by atoms with Gasteiger partial charge >= 0.3 is 6.18 Å². The molecule has 0 aliphatic rings. The van der Waals surface area contributed by atoms with Crippen molar-refractivity contribution in [2.24, 2.45) is 0 Å². The van der Waals surface area contributed by atoms with E-state index in [4.69, 9.17) is 0 Å². The highest BCUT2D eigenvalue weighted by molar-refractivity contribution is 6.04. The standard InChI is InChI=1S/C14H10F4N2O/c1-8-11(5-6-12(19-8)14(16,17)18)13(21)20-10-4-2-3-9(15)7-10/h2-7H,1H3,(H,20,21). The Kier molecular flexibility index (Phi) is 3.93. The van der Waals surface area contributed by atoms with Crippen LogP contribution in [0.25, 0.3) is 0 Å². The lowest BCUT2D eigenvalue weighted by atomic mass is 10.1. The van der Waals surface area contributed by atoms with E-state index in [1.165, 1.54) is 25.1 Å². The number of aryl methyl sites for hydroxylation is 1. The lowest BCUT2D eigenvalue weighted by molar-refractivity contribution is -0.141. The first kappa shape index (κ1) is 15.0. The molecule has 2 rings (SSSR count). The molecule has 0 atom stereocenters. The van der Waals surface area contributed by atoms with Gasteiger partial charge in [0.2, 0.25) is 0 Å². The van der Waals surface area contributed by atoms with Crippen molar-refractivity contribution in [3.63, 3.8) is 0 Å². The van der Waals surface area contributed by atoms with Crippen LogP contribution in [0.5, 0.6) is 0 Å². The van der Waals surface area contributed by atoms with Gasteiger partial charge in [-0.25, -0.2) is 9.37 Å². The van der Waals surface area contributed by atoms with Gasteiger partial charge in [-0.1, -0.05) is 6.07 Å². The topological polar surface area (TPSA) is 42.0 Å². The summed E-state index contributed by atoms with van der Waals surface area (Å²) in [6, 6.07) is 6.95. The Morgan fingerprint density at radius 3 is 2.48 bits per heavy atom.